The van der Waals surface area contributed by atoms with Crippen LogP contribution >= 0.6 is 0 Å². The van der Waals surface area contributed by atoms with E-state index in [2.05, 4.69) is 10.6 Å². The highest BCUT2D eigenvalue weighted by Gasteiger charge is 2.16. The molecule has 0 saturated carbocycles. The maximum Gasteiger partial charge on any atom is 0.253 e. The number of carbonyl (C=O) groups excluding carboxylic acids is 2. The van der Waals surface area contributed by atoms with E-state index in [9.17, 15) is 9.59 Å². The molecule has 2 rings (SSSR count). The van der Waals surface area contributed by atoms with Crippen LogP contribution in [0.2, 0.25) is 0 Å². The molecule has 1 aromatic carbocycles. The molecule has 0 bridgehead atoms. The largest absolute Gasteiger partial charge is 0.350 e. The highest BCUT2D eigenvalue weighted by Crippen LogP contribution is 2.09. The van der Waals surface area contributed by atoms with Crippen molar-refractivity contribution >= 4 is 11.8 Å². The summed E-state index contributed by atoms with van der Waals surface area (Å²) in [7, 11) is 0. The third-order valence-electron chi connectivity index (χ3n) is 4.12. The molecule has 0 aliphatic carbocycles. The number of nitrogens with zero attached hydrogens (tertiary/aromatic N) is 1. The predicted octanol–water partition coefficient (Wildman–Crippen LogP) is 1.65. The predicted molar refractivity (Wildman–Crippen MR) is 87.1 cm³/mol. The molecular formula is C17H25N3O2. The van der Waals surface area contributed by atoms with Crippen LogP contribution in [0, 0.1) is 0 Å². The summed E-state index contributed by atoms with van der Waals surface area (Å²) in [5.41, 5.74) is 1.21. The summed E-state index contributed by atoms with van der Waals surface area (Å²) in [6.45, 7) is 6.97. The lowest BCUT2D eigenvalue weighted by Gasteiger charge is -2.18. The third-order valence-corrected chi connectivity index (χ3v) is 4.12. The molecule has 1 unspecified atom stereocenters. The molecule has 1 aliphatic rings. The zero-order valence-electron chi connectivity index (χ0n) is 13.4. The van der Waals surface area contributed by atoms with Crippen LogP contribution in [0.5, 0.6) is 0 Å². The second kappa shape index (κ2) is 7.94. The first-order chi connectivity index (χ1) is 10.7. The van der Waals surface area contributed by atoms with E-state index >= 15 is 0 Å². The fourth-order valence-corrected chi connectivity index (χ4v) is 2.71. The molecule has 0 radical (unpaired) electrons. The van der Waals surface area contributed by atoms with Crippen molar-refractivity contribution in [3.8, 4) is 0 Å². The van der Waals surface area contributed by atoms with Crippen LogP contribution in [0.25, 0.3) is 0 Å². The first-order valence-electron chi connectivity index (χ1n) is 8.06. The summed E-state index contributed by atoms with van der Waals surface area (Å²) in [6.07, 6.45) is 2.28. The van der Waals surface area contributed by atoms with Crippen LogP contribution in [-0.4, -0.2) is 48.9 Å². The van der Waals surface area contributed by atoms with Crippen LogP contribution < -0.4 is 10.6 Å². The summed E-state index contributed by atoms with van der Waals surface area (Å²) in [4.78, 5) is 26.1. The van der Waals surface area contributed by atoms with E-state index in [1.165, 1.54) is 6.42 Å². The van der Waals surface area contributed by atoms with Crippen LogP contribution in [-0.2, 0) is 0 Å². The van der Waals surface area contributed by atoms with Crippen LogP contribution in [0.4, 0.5) is 0 Å². The van der Waals surface area contributed by atoms with Crippen molar-refractivity contribution in [2.45, 2.75) is 32.7 Å². The molecule has 5 nitrogen and oxygen atoms in total. The summed E-state index contributed by atoms with van der Waals surface area (Å²) in [5.74, 6) is -0.0809. The zero-order chi connectivity index (χ0) is 15.9. The summed E-state index contributed by atoms with van der Waals surface area (Å²) < 4.78 is 0. The maximum absolute atomic E-state index is 12.2. The Morgan fingerprint density at radius 3 is 2.36 bits per heavy atom. The highest BCUT2D eigenvalue weighted by molar-refractivity contribution is 5.97. The number of benzene rings is 1. The Balaban J connectivity index is 1.92. The van der Waals surface area contributed by atoms with Gasteiger partial charge in [-0.1, -0.05) is 0 Å². The average Bonchev–Trinajstić information content (AvgIpc) is 3.07. The van der Waals surface area contributed by atoms with E-state index in [1.807, 2.05) is 13.8 Å². The van der Waals surface area contributed by atoms with Gasteiger partial charge in [-0.15, -0.1) is 0 Å². The fraction of sp³-hybridized carbons (Fsp3) is 0.529. The zero-order valence-corrected chi connectivity index (χ0v) is 13.4. The van der Waals surface area contributed by atoms with E-state index in [-0.39, 0.29) is 11.8 Å². The number of nitrogens with one attached hydrogen (secondary N) is 2. The quantitative estimate of drug-likeness (QED) is 0.840. The van der Waals surface area contributed by atoms with Crippen molar-refractivity contribution in [1.29, 1.82) is 0 Å². The van der Waals surface area contributed by atoms with Gasteiger partial charge in [0.25, 0.3) is 11.8 Å². The maximum atomic E-state index is 12.2. The molecule has 2 amide bonds. The van der Waals surface area contributed by atoms with Crippen molar-refractivity contribution in [2.75, 3.05) is 26.2 Å². The minimum absolute atomic E-state index is 0.00659. The molecule has 2 N–H and O–H groups in total. The lowest BCUT2D eigenvalue weighted by atomic mass is 10.1. The van der Waals surface area contributed by atoms with Crippen molar-refractivity contribution in [3.63, 3.8) is 0 Å². The molecule has 1 fully saturated rings. The molecular weight excluding hydrogens is 278 g/mol. The topological polar surface area (TPSA) is 61.4 Å². The first-order valence-corrected chi connectivity index (χ1v) is 8.06. The van der Waals surface area contributed by atoms with Gasteiger partial charge in [-0.25, -0.2) is 0 Å². The van der Waals surface area contributed by atoms with Gasteiger partial charge in [0, 0.05) is 36.8 Å². The van der Waals surface area contributed by atoms with Gasteiger partial charge >= 0.3 is 0 Å². The smallest absolute Gasteiger partial charge is 0.253 e. The van der Waals surface area contributed by atoms with Gasteiger partial charge in [-0.3, -0.25) is 9.59 Å². The molecule has 0 spiro atoms. The Bertz CT molecular complexity index is 503. The van der Waals surface area contributed by atoms with Gasteiger partial charge in [-0.05, 0) is 57.5 Å². The number of hydrogen-bond donors (Lipinski definition) is 2. The molecule has 5 heteroatoms. The van der Waals surface area contributed by atoms with Crippen LogP contribution in [0.15, 0.2) is 24.3 Å². The van der Waals surface area contributed by atoms with Gasteiger partial charge in [0.05, 0.1) is 0 Å². The van der Waals surface area contributed by atoms with Crippen LogP contribution in [0.3, 0.4) is 0 Å². The van der Waals surface area contributed by atoms with Crippen LogP contribution in [0.1, 0.15) is 47.4 Å². The minimum atomic E-state index is -0.0875. The van der Waals surface area contributed by atoms with Gasteiger partial charge in [0.1, 0.15) is 0 Å². The summed E-state index contributed by atoms with van der Waals surface area (Å²) >= 11 is 0. The number of hydrogen-bond acceptors (Lipinski definition) is 3. The molecule has 0 aromatic heterocycles. The normalized spacial score (nSPS) is 17.3. The number of amides is 2. The minimum Gasteiger partial charge on any atom is -0.350 e. The average molecular weight is 303 g/mol. The Hall–Kier alpha value is -1.88. The monoisotopic (exact) mass is 303 g/mol. The van der Waals surface area contributed by atoms with E-state index in [4.69, 9.17) is 0 Å². The Morgan fingerprint density at radius 1 is 1.18 bits per heavy atom. The van der Waals surface area contributed by atoms with E-state index < -0.39 is 0 Å². The van der Waals surface area contributed by atoms with Gasteiger partial charge in [-0.2, -0.15) is 0 Å². The van der Waals surface area contributed by atoms with E-state index in [0.717, 1.165) is 13.0 Å². The molecule has 1 saturated heterocycles. The molecule has 1 aromatic rings. The fourth-order valence-electron chi connectivity index (χ4n) is 2.71. The molecule has 1 heterocycles. The number of rotatable bonds is 6. The first kappa shape index (κ1) is 16.5. The lowest BCUT2D eigenvalue weighted by Crippen LogP contribution is -2.37. The van der Waals surface area contributed by atoms with Gasteiger partial charge < -0.3 is 15.5 Å². The van der Waals surface area contributed by atoms with E-state index in [1.54, 1.807) is 29.2 Å². The SMILES string of the molecule is CCN(CC)C(=O)c1ccc(C(=O)NCC2CCCN2)cc1. The van der Waals surface area contributed by atoms with Gasteiger partial charge in [0.2, 0.25) is 0 Å². The second-order valence-electron chi connectivity index (χ2n) is 5.56. The molecule has 1 aliphatic heterocycles. The molecule has 120 valence electrons. The molecule has 1 atom stereocenters. The third kappa shape index (κ3) is 4.07. The standard InChI is InChI=1S/C17H25N3O2/c1-3-20(4-2)17(22)14-9-7-13(8-10-14)16(21)19-12-15-6-5-11-18-15/h7-10,15,18H,3-6,11-12H2,1-2H3,(H,19,21). The van der Waals surface area contributed by atoms with Gasteiger partial charge in [0.15, 0.2) is 0 Å². The Kier molecular flexibility index (Phi) is 5.95. The Labute approximate surface area is 132 Å². The van der Waals surface area contributed by atoms with E-state index in [0.29, 0.717) is 36.8 Å². The molecule has 22 heavy (non-hydrogen) atoms. The van der Waals surface area contributed by atoms with Crippen molar-refractivity contribution in [3.05, 3.63) is 35.4 Å². The van der Waals surface area contributed by atoms with Crippen molar-refractivity contribution < 1.29 is 9.59 Å². The number of carbonyl (C=O) groups is 2. The highest BCUT2D eigenvalue weighted by atomic mass is 16.2. The van der Waals surface area contributed by atoms with Crippen molar-refractivity contribution in [1.82, 2.24) is 15.5 Å². The van der Waals surface area contributed by atoms with Crippen molar-refractivity contribution in [2.24, 2.45) is 0 Å². The summed E-state index contributed by atoms with van der Waals surface area (Å²) in [5, 5.41) is 6.29. The lowest BCUT2D eigenvalue weighted by molar-refractivity contribution is 0.0772. The summed E-state index contributed by atoms with van der Waals surface area (Å²) in [6, 6.07) is 7.27. The Morgan fingerprint density at radius 2 is 1.82 bits per heavy atom. The second-order valence-corrected chi connectivity index (χ2v) is 5.56.